The van der Waals surface area contributed by atoms with Crippen LogP contribution in [0.25, 0.3) is 0 Å². The molecule has 1 rings (SSSR count). The molecule has 0 amide bonds. The summed E-state index contributed by atoms with van der Waals surface area (Å²) in [6, 6.07) is 1.99. The third-order valence-corrected chi connectivity index (χ3v) is 2.87. The molecule has 0 spiro atoms. The molecule has 1 aromatic heterocycles. The van der Waals surface area contributed by atoms with Gasteiger partial charge in [0, 0.05) is 19.3 Å². The van der Waals surface area contributed by atoms with Crippen LogP contribution in [0.1, 0.15) is 45.3 Å². The Kier molecular flexibility index (Phi) is 6.18. The lowest BCUT2D eigenvalue weighted by Crippen LogP contribution is -2.39. The minimum atomic E-state index is -0.00245. The van der Waals surface area contributed by atoms with Gasteiger partial charge in [-0.25, -0.2) is 5.43 Å². The van der Waals surface area contributed by atoms with Crippen LogP contribution in [0.2, 0.25) is 0 Å². The van der Waals surface area contributed by atoms with Crippen LogP contribution in [-0.2, 0) is 11.3 Å². The summed E-state index contributed by atoms with van der Waals surface area (Å²) in [5.74, 6) is 5.68. The van der Waals surface area contributed by atoms with E-state index in [9.17, 15) is 0 Å². The van der Waals surface area contributed by atoms with Crippen molar-refractivity contribution >= 4 is 0 Å². The maximum Gasteiger partial charge on any atom is 0.0890 e. The highest BCUT2D eigenvalue weighted by Gasteiger charge is 2.24. The Hall–Kier alpha value is -0.910. The Bertz CT molecular complexity index is 307. The number of nitrogens with one attached hydrogen (secondary N) is 1. The fraction of sp³-hybridized carbons (Fsp3) is 0.750. The third kappa shape index (κ3) is 3.52. The number of rotatable bonds is 8. The predicted octanol–water partition coefficient (Wildman–Crippen LogP) is 1.61. The zero-order chi connectivity index (χ0) is 12.7. The lowest BCUT2D eigenvalue weighted by molar-refractivity contribution is 0.0254. The summed E-state index contributed by atoms with van der Waals surface area (Å²) in [4.78, 5) is 0. The van der Waals surface area contributed by atoms with E-state index in [1.165, 1.54) is 0 Å². The molecule has 2 unspecified atom stereocenters. The first-order valence-corrected chi connectivity index (χ1v) is 6.37. The Balaban J connectivity index is 2.87. The van der Waals surface area contributed by atoms with E-state index >= 15 is 0 Å². The van der Waals surface area contributed by atoms with E-state index in [4.69, 9.17) is 10.6 Å². The smallest absolute Gasteiger partial charge is 0.0890 e. The van der Waals surface area contributed by atoms with Crippen molar-refractivity contribution in [3.8, 4) is 0 Å². The molecule has 0 aromatic carbocycles. The zero-order valence-corrected chi connectivity index (χ0v) is 11.0. The molecule has 5 nitrogen and oxygen atoms in total. The first-order valence-electron chi connectivity index (χ1n) is 6.37. The molecule has 0 saturated heterocycles. The molecule has 0 fully saturated rings. The fourth-order valence-corrected chi connectivity index (χ4v) is 2.10. The van der Waals surface area contributed by atoms with Crippen LogP contribution in [0.3, 0.4) is 0 Å². The van der Waals surface area contributed by atoms with E-state index in [0.717, 1.165) is 25.1 Å². The molecule has 0 bridgehead atoms. The van der Waals surface area contributed by atoms with Gasteiger partial charge in [-0.1, -0.05) is 13.3 Å². The maximum atomic E-state index is 5.78. The molecule has 1 aromatic rings. The van der Waals surface area contributed by atoms with Crippen molar-refractivity contribution in [1.29, 1.82) is 0 Å². The highest BCUT2D eigenvalue weighted by atomic mass is 16.5. The first kappa shape index (κ1) is 14.2. The first-order chi connectivity index (χ1) is 8.28. The maximum absolute atomic E-state index is 5.78. The summed E-state index contributed by atoms with van der Waals surface area (Å²) >= 11 is 0. The summed E-state index contributed by atoms with van der Waals surface area (Å²) in [7, 11) is 0. The summed E-state index contributed by atoms with van der Waals surface area (Å²) in [6.45, 7) is 7.76. The number of nitrogens with zero attached hydrogens (tertiary/aromatic N) is 2. The average Bonchev–Trinajstić information content (AvgIpc) is 2.79. The summed E-state index contributed by atoms with van der Waals surface area (Å²) in [5, 5.41) is 4.27. The van der Waals surface area contributed by atoms with Gasteiger partial charge in [-0.15, -0.1) is 0 Å². The second-order valence-electron chi connectivity index (χ2n) is 4.00. The highest BCUT2D eigenvalue weighted by molar-refractivity contribution is 5.09. The lowest BCUT2D eigenvalue weighted by Gasteiger charge is -2.26. The molecule has 1 heterocycles. The number of aryl methyl sites for hydroxylation is 1. The van der Waals surface area contributed by atoms with Crippen LogP contribution in [0.15, 0.2) is 12.3 Å². The number of aromatic nitrogens is 2. The van der Waals surface area contributed by atoms with Crippen LogP contribution >= 0.6 is 0 Å². The van der Waals surface area contributed by atoms with E-state index in [0.29, 0.717) is 6.61 Å². The molecule has 0 radical (unpaired) electrons. The number of nitrogens with two attached hydrogens (primary N) is 1. The lowest BCUT2D eigenvalue weighted by atomic mass is 10.0. The summed E-state index contributed by atoms with van der Waals surface area (Å²) in [6.07, 6.45) is 3.95. The van der Waals surface area contributed by atoms with Crippen LogP contribution in [0.5, 0.6) is 0 Å². The van der Waals surface area contributed by atoms with Crippen LogP contribution in [0.4, 0.5) is 0 Å². The standard InChI is InChI=1S/C12H24N4O/c1-4-7-11(17-6-3)12(15-13)10-8-9-14-16(10)5-2/h8-9,11-12,15H,4-7,13H2,1-3H3. The normalized spacial score (nSPS) is 14.8. The van der Waals surface area contributed by atoms with Crippen molar-refractivity contribution in [2.24, 2.45) is 5.84 Å². The van der Waals surface area contributed by atoms with E-state index in [1.54, 1.807) is 6.20 Å². The van der Waals surface area contributed by atoms with Crippen molar-refractivity contribution in [2.75, 3.05) is 6.61 Å². The SMILES string of the molecule is CCCC(OCC)C(NN)c1ccnn1CC. The van der Waals surface area contributed by atoms with Crippen LogP contribution in [-0.4, -0.2) is 22.5 Å². The van der Waals surface area contributed by atoms with Crippen molar-refractivity contribution < 1.29 is 4.74 Å². The van der Waals surface area contributed by atoms with Gasteiger partial charge in [0.15, 0.2) is 0 Å². The quantitative estimate of drug-likeness (QED) is 0.535. The van der Waals surface area contributed by atoms with Gasteiger partial charge in [0.05, 0.1) is 17.8 Å². The predicted molar refractivity (Wildman–Crippen MR) is 68.3 cm³/mol. The van der Waals surface area contributed by atoms with E-state index in [1.807, 2.05) is 17.7 Å². The van der Waals surface area contributed by atoms with Gasteiger partial charge in [-0.05, 0) is 26.3 Å². The molecule has 3 N–H and O–H groups in total. The van der Waals surface area contributed by atoms with Crippen molar-refractivity contribution in [2.45, 2.75) is 52.3 Å². The summed E-state index contributed by atoms with van der Waals surface area (Å²) < 4.78 is 7.73. The van der Waals surface area contributed by atoms with Gasteiger partial charge in [0.25, 0.3) is 0 Å². The Morgan fingerprint density at radius 3 is 2.76 bits per heavy atom. The summed E-state index contributed by atoms with van der Waals surface area (Å²) in [5.41, 5.74) is 3.95. The molecule has 0 aliphatic carbocycles. The van der Waals surface area contributed by atoms with Gasteiger partial charge in [0.2, 0.25) is 0 Å². The van der Waals surface area contributed by atoms with E-state index in [2.05, 4.69) is 24.4 Å². The van der Waals surface area contributed by atoms with Gasteiger partial charge in [-0.2, -0.15) is 5.10 Å². The molecular formula is C12H24N4O. The van der Waals surface area contributed by atoms with Crippen LogP contribution < -0.4 is 11.3 Å². The van der Waals surface area contributed by atoms with E-state index < -0.39 is 0 Å². The molecule has 0 aliphatic heterocycles. The number of hydrogen-bond acceptors (Lipinski definition) is 4. The highest BCUT2D eigenvalue weighted by Crippen LogP contribution is 2.21. The van der Waals surface area contributed by atoms with Gasteiger partial charge >= 0.3 is 0 Å². The molecule has 0 aliphatic rings. The second-order valence-corrected chi connectivity index (χ2v) is 4.00. The van der Waals surface area contributed by atoms with Crippen molar-refractivity contribution in [1.82, 2.24) is 15.2 Å². The van der Waals surface area contributed by atoms with Crippen LogP contribution in [0, 0.1) is 0 Å². The van der Waals surface area contributed by atoms with Gasteiger partial charge < -0.3 is 4.74 Å². The van der Waals surface area contributed by atoms with Gasteiger partial charge in [-0.3, -0.25) is 10.5 Å². The monoisotopic (exact) mass is 240 g/mol. The largest absolute Gasteiger partial charge is 0.376 e. The minimum Gasteiger partial charge on any atom is -0.376 e. The number of hydrogen-bond donors (Lipinski definition) is 2. The van der Waals surface area contributed by atoms with E-state index in [-0.39, 0.29) is 12.1 Å². The second kappa shape index (κ2) is 7.42. The Morgan fingerprint density at radius 2 is 2.24 bits per heavy atom. The molecule has 17 heavy (non-hydrogen) atoms. The third-order valence-electron chi connectivity index (χ3n) is 2.87. The molecule has 5 heteroatoms. The average molecular weight is 240 g/mol. The number of hydrazine groups is 1. The fourth-order valence-electron chi connectivity index (χ4n) is 2.10. The molecule has 98 valence electrons. The zero-order valence-electron chi connectivity index (χ0n) is 11.0. The van der Waals surface area contributed by atoms with Gasteiger partial charge in [0.1, 0.15) is 0 Å². The minimum absolute atomic E-state index is 0.00245. The Morgan fingerprint density at radius 1 is 1.47 bits per heavy atom. The molecule has 0 saturated carbocycles. The number of ether oxygens (including phenoxy) is 1. The van der Waals surface area contributed by atoms with Crippen molar-refractivity contribution in [3.05, 3.63) is 18.0 Å². The topological polar surface area (TPSA) is 65.1 Å². The Labute approximate surface area is 103 Å². The molecule has 2 atom stereocenters. The van der Waals surface area contributed by atoms with Crippen molar-refractivity contribution in [3.63, 3.8) is 0 Å². The molecular weight excluding hydrogens is 216 g/mol.